The highest BCUT2D eigenvalue weighted by Gasteiger charge is 2.19. The van der Waals surface area contributed by atoms with Crippen LogP contribution in [0.2, 0.25) is 0 Å². The summed E-state index contributed by atoms with van der Waals surface area (Å²) in [5, 5.41) is 15.1. The highest BCUT2D eigenvalue weighted by Crippen LogP contribution is 2.31. The highest BCUT2D eigenvalue weighted by atomic mass is 32.2. The molecule has 3 aromatic rings. The van der Waals surface area contributed by atoms with Gasteiger partial charge in [0.05, 0.1) is 5.25 Å². The van der Waals surface area contributed by atoms with E-state index in [0.717, 1.165) is 26.8 Å². The van der Waals surface area contributed by atoms with Crippen LogP contribution in [0.25, 0.3) is 0 Å². The van der Waals surface area contributed by atoms with E-state index >= 15 is 0 Å². The molecule has 2 N–H and O–H groups in total. The molecule has 0 unspecified atom stereocenters. The molecule has 1 heterocycles. The second kappa shape index (κ2) is 8.75. The van der Waals surface area contributed by atoms with Crippen molar-refractivity contribution in [2.45, 2.75) is 44.2 Å². The molecule has 0 spiro atoms. The molecule has 0 saturated carbocycles. The predicted molar refractivity (Wildman–Crippen MR) is 119 cm³/mol. The number of hydrogen-bond donors (Lipinski definition) is 2. The summed E-state index contributed by atoms with van der Waals surface area (Å²) in [7, 11) is 0. The van der Waals surface area contributed by atoms with E-state index in [9.17, 15) is 4.79 Å². The van der Waals surface area contributed by atoms with Gasteiger partial charge < -0.3 is 10.6 Å². The van der Waals surface area contributed by atoms with Crippen LogP contribution in [0, 0.1) is 27.7 Å². The number of carbonyl (C=O) groups is 1. The summed E-state index contributed by atoms with van der Waals surface area (Å²) >= 11 is 2.85. The highest BCUT2D eigenvalue weighted by molar-refractivity contribution is 8.02. The monoisotopic (exact) mass is 412 g/mol. The molecular weight excluding hydrogens is 388 g/mol. The van der Waals surface area contributed by atoms with Crippen molar-refractivity contribution in [3.8, 4) is 0 Å². The maximum Gasteiger partial charge on any atom is 0.237 e. The number of aromatic nitrogens is 2. The molecule has 28 heavy (non-hydrogen) atoms. The van der Waals surface area contributed by atoms with Gasteiger partial charge in [-0.05, 0) is 57.9 Å². The van der Waals surface area contributed by atoms with Crippen molar-refractivity contribution < 1.29 is 4.79 Å². The standard InChI is InChI=1S/C21H24N4OS2/c1-12-6-8-17(9-7-12)22-20-24-25-21(28-20)27-16(5)19(26)23-18-14(3)10-13(2)11-15(18)4/h6-11,16H,1-5H3,(H,22,24)(H,23,26)/t16-/m0/s1. The van der Waals surface area contributed by atoms with Crippen LogP contribution >= 0.6 is 23.1 Å². The van der Waals surface area contributed by atoms with Crippen LogP contribution in [0.1, 0.15) is 29.2 Å². The third kappa shape index (κ3) is 5.11. The first-order valence-corrected chi connectivity index (χ1v) is 10.7. The van der Waals surface area contributed by atoms with E-state index in [4.69, 9.17) is 0 Å². The molecule has 3 rings (SSSR count). The summed E-state index contributed by atoms with van der Waals surface area (Å²) in [6, 6.07) is 12.3. The van der Waals surface area contributed by atoms with Crippen molar-refractivity contribution in [3.05, 3.63) is 58.7 Å². The van der Waals surface area contributed by atoms with Gasteiger partial charge in [0, 0.05) is 11.4 Å². The Balaban J connectivity index is 1.61. The van der Waals surface area contributed by atoms with Crippen LogP contribution in [0.15, 0.2) is 40.7 Å². The van der Waals surface area contributed by atoms with E-state index in [2.05, 4.69) is 46.8 Å². The Labute approximate surface area is 174 Å². The minimum absolute atomic E-state index is 0.0386. The van der Waals surface area contributed by atoms with Gasteiger partial charge in [-0.15, -0.1) is 10.2 Å². The molecule has 5 nitrogen and oxygen atoms in total. The van der Waals surface area contributed by atoms with Crippen LogP contribution in [0.3, 0.4) is 0 Å². The van der Waals surface area contributed by atoms with Gasteiger partial charge in [-0.2, -0.15) is 0 Å². The first-order valence-electron chi connectivity index (χ1n) is 9.04. The zero-order valence-corrected chi connectivity index (χ0v) is 18.3. The minimum Gasteiger partial charge on any atom is -0.330 e. The van der Waals surface area contributed by atoms with Gasteiger partial charge in [0.1, 0.15) is 0 Å². The van der Waals surface area contributed by atoms with E-state index in [-0.39, 0.29) is 11.2 Å². The fourth-order valence-electron chi connectivity index (χ4n) is 2.88. The van der Waals surface area contributed by atoms with Gasteiger partial charge in [0.2, 0.25) is 11.0 Å². The lowest BCUT2D eigenvalue weighted by Gasteiger charge is -2.15. The zero-order chi connectivity index (χ0) is 20.3. The molecule has 0 saturated heterocycles. The molecule has 1 aromatic heterocycles. The number of aryl methyl sites for hydroxylation is 4. The lowest BCUT2D eigenvalue weighted by Crippen LogP contribution is -2.23. The Bertz CT molecular complexity index is 959. The third-order valence-electron chi connectivity index (χ3n) is 4.28. The first kappa shape index (κ1) is 20.4. The van der Waals surface area contributed by atoms with Crippen molar-refractivity contribution in [2.24, 2.45) is 0 Å². The van der Waals surface area contributed by atoms with E-state index in [1.165, 1.54) is 34.2 Å². The second-order valence-electron chi connectivity index (χ2n) is 6.89. The van der Waals surface area contributed by atoms with Crippen molar-refractivity contribution in [1.29, 1.82) is 0 Å². The van der Waals surface area contributed by atoms with Crippen LogP contribution < -0.4 is 10.6 Å². The largest absolute Gasteiger partial charge is 0.330 e. The number of nitrogens with one attached hydrogen (secondary N) is 2. The summed E-state index contributed by atoms with van der Waals surface area (Å²) in [6.07, 6.45) is 0. The van der Waals surface area contributed by atoms with Crippen LogP contribution in [-0.4, -0.2) is 21.4 Å². The summed E-state index contributed by atoms with van der Waals surface area (Å²) in [6.45, 7) is 10.0. The van der Waals surface area contributed by atoms with Crippen LogP contribution in [-0.2, 0) is 4.79 Å². The maximum absolute atomic E-state index is 12.6. The maximum atomic E-state index is 12.6. The second-order valence-corrected chi connectivity index (χ2v) is 9.45. The van der Waals surface area contributed by atoms with Gasteiger partial charge in [-0.1, -0.05) is 58.5 Å². The molecular formula is C21H24N4OS2. The predicted octanol–water partition coefficient (Wildman–Crippen LogP) is 5.63. The number of amides is 1. The summed E-state index contributed by atoms with van der Waals surface area (Å²) < 4.78 is 0.759. The number of carbonyl (C=O) groups excluding carboxylic acids is 1. The number of rotatable bonds is 6. The Morgan fingerprint density at radius 1 is 1.00 bits per heavy atom. The Kier molecular flexibility index (Phi) is 6.36. The zero-order valence-electron chi connectivity index (χ0n) is 16.7. The van der Waals surface area contributed by atoms with Crippen molar-refractivity contribution >= 4 is 45.5 Å². The lowest BCUT2D eigenvalue weighted by atomic mass is 10.1. The molecule has 0 aliphatic heterocycles. The Morgan fingerprint density at radius 2 is 1.64 bits per heavy atom. The number of hydrogen-bond acceptors (Lipinski definition) is 6. The molecule has 0 bridgehead atoms. The van der Waals surface area contributed by atoms with Crippen LogP contribution in [0.5, 0.6) is 0 Å². The molecule has 1 atom stereocenters. The number of thioether (sulfide) groups is 1. The first-order chi connectivity index (χ1) is 13.3. The average molecular weight is 413 g/mol. The van der Waals surface area contributed by atoms with Crippen molar-refractivity contribution in [1.82, 2.24) is 10.2 Å². The van der Waals surface area contributed by atoms with Gasteiger partial charge >= 0.3 is 0 Å². The molecule has 7 heteroatoms. The topological polar surface area (TPSA) is 66.9 Å². The molecule has 0 aliphatic carbocycles. The molecule has 2 aromatic carbocycles. The van der Waals surface area contributed by atoms with Crippen LogP contribution in [0.4, 0.5) is 16.5 Å². The number of anilines is 3. The molecule has 0 fully saturated rings. The molecule has 0 aliphatic rings. The fourth-order valence-corrected chi connectivity index (χ4v) is 4.79. The van der Waals surface area contributed by atoms with Crippen molar-refractivity contribution in [2.75, 3.05) is 10.6 Å². The summed E-state index contributed by atoms with van der Waals surface area (Å²) in [5.74, 6) is -0.0386. The molecule has 146 valence electrons. The average Bonchev–Trinajstić information content (AvgIpc) is 3.06. The van der Waals surface area contributed by atoms with Gasteiger partial charge in [0.25, 0.3) is 0 Å². The molecule has 1 amide bonds. The smallest absolute Gasteiger partial charge is 0.237 e. The van der Waals surface area contributed by atoms with E-state index < -0.39 is 0 Å². The van der Waals surface area contributed by atoms with E-state index in [1.54, 1.807) is 0 Å². The molecule has 0 radical (unpaired) electrons. The Morgan fingerprint density at radius 3 is 2.29 bits per heavy atom. The van der Waals surface area contributed by atoms with Gasteiger partial charge in [-0.25, -0.2) is 0 Å². The summed E-state index contributed by atoms with van der Waals surface area (Å²) in [5.41, 5.74) is 6.40. The third-order valence-corrected chi connectivity index (χ3v) is 6.30. The minimum atomic E-state index is -0.278. The lowest BCUT2D eigenvalue weighted by molar-refractivity contribution is -0.115. The number of nitrogens with zero attached hydrogens (tertiary/aromatic N) is 2. The Hall–Kier alpha value is -2.38. The normalized spacial score (nSPS) is 11.9. The van der Waals surface area contributed by atoms with E-state index in [0.29, 0.717) is 5.13 Å². The van der Waals surface area contributed by atoms with E-state index in [1.807, 2.05) is 45.0 Å². The SMILES string of the molecule is Cc1ccc(Nc2nnc(S[C@@H](C)C(=O)Nc3c(C)cc(C)cc3C)s2)cc1. The van der Waals surface area contributed by atoms with Crippen molar-refractivity contribution in [3.63, 3.8) is 0 Å². The summed E-state index contributed by atoms with van der Waals surface area (Å²) in [4.78, 5) is 12.6. The quantitative estimate of drug-likeness (QED) is 0.513. The number of benzene rings is 2. The fraction of sp³-hybridized carbons (Fsp3) is 0.286. The van der Waals surface area contributed by atoms with Gasteiger partial charge in [-0.3, -0.25) is 4.79 Å². The van der Waals surface area contributed by atoms with Gasteiger partial charge in [0.15, 0.2) is 4.34 Å².